The molecule has 2 rings (SSSR count). The number of para-hydroxylation sites is 1. The molecule has 6 nitrogen and oxygen atoms in total. The van der Waals surface area contributed by atoms with Crippen molar-refractivity contribution in [1.29, 1.82) is 0 Å². The van der Waals surface area contributed by atoms with E-state index in [0.717, 1.165) is 18.4 Å². The van der Waals surface area contributed by atoms with E-state index in [1.807, 2.05) is 42.5 Å². The maximum absolute atomic E-state index is 12.8. The molecule has 0 fully saturated rings. The van der Waals surface area contributed by atoms with Crippen LogP contribution in [0.3, 0.4) is 0 Å². The molecule has 0 bridgehead atoms. The molecule has 0 atom stereocenters. The molecule has 0 aliphatic rings. The summed E-state index contributed by atoms with van der Waals surface area (Å²) in [6.45, 7) is 2.84. The first-order valence-electron chi connectivity index (χ1n) is 12.7. The molecule has 2 aromatic carbocycles. The lowest BCUT2D eigenvalue weighted by molar-refractivity contribution is -0.138. The van der Waals surface area contributed by atoms with Crippen LogP contribution in [0.25, 0.3) is 5.57 Å². The van der Waals surface area contributed by atoms with Gasteiger partial charge in [0.05, 0.1) is 6.42 Å². The molecule has 0 aromatic heterocycles. The minimum Gasteiger partial charge on any atom is -0.481 e. The minimum atomic E-state index is -1.02. The zero-order valence-electron chi connectivity index (χ0n) is 20.7. The number of carboxylic acids is 1. The van der Waals surface area contributed by atoms with Gasteiger partial charge in [0, 0.05) is 30.3 Å². The van der Waals surface area contributed by atoms with Crippen LogP contribution in [0.5, 0.6) is 0 Å². The number of amides is 2. The van der Waals surface area contributed by atoms with E-state index in [1.54, 1.807) is 18.2 Å². The molecule has 0 saturated heterocycles. The predicted molar refractivity (Wildman–Crippen MR) is 141 cm³/mol. The van der Waals surface area contributed by atoms with Crippen LogP contribution in [0.1, 0.15) is 82.3 Å². The number of carbonyl (C=O) groups is 3. The lowest BCUT2D eigenvalue weighted by Gasteiger charge is -2.15. The summed E-state index contributed by atoms with van der Waals surface area (Å²) in [6, 6.07) is 16.8. The van der Waals surface area contributed by atoms with Gasteiger partial charge in [0.2, 0.25) is 11.8 Å². The van der Waals surface area contributed by atoms with Gasteiger partial charge in [-0.3, -0.25) is 14.4 Å². The molecule has 2 amide bonds. The normalized spacial score (nSPS) is 11.2. The summed E-state index contributed by atoms with van der Waals surface area (Å²) in [7, 11) is 0. The van der Waals surface area contributed by atoms with E-state index in [2.05, 4.69) is 17.6 Å². The van der Waals surface area contributed by atoms with Crippen LogP contribution in [-0.2, 0) is 14.4 Å². The number of unbranched alkanes of at least 4 members (excludes halogenated alkanes) is 7. The maximum Gasteiger partial charge on any atom is 0.303 e. The van der Waals surface area contributed by atoms with Crippen LogP contribution in [0.4, 0.5) is 5.69 Å². The summed E-state index contributed by atoms with van der Waals surface area (Å²) in [4.78, 5) is 35.9. The van der Waals surface area contributed by atoms with Crippen molar-refractivity contribution in [2.24, 2.45) is 0 Å². The topological polar surface area (TPSA) is 95.5 Å². The van der Waals surface area contributed by atoms with Crippen molar-refractivity contribution in [3.05, 3.63) is 71.8 Å². The highest BCUT2D eigenvalue weighted by Crippen LogP contribution is 2.29. The SMILES string of the molecule is CCCCCCCCCCNC(=O)C=C(c1ccccc1)c1ccccc1NC(=O)CCC(=O)O. The van der Waals surface area contributed by atoms with E-state index in [4.69, 9.17) is 5.11 Å². The van der Waals surface area contributed by atoms with Gasteiger partial charge >= 0.3 is 5.97 Å². The quantitative estimate of drug-likeness (QED) is 0.198. The van der Waals surface area contributed by atoms with Crippen LogP contribution in [-0.4, -0.2) is 29.4 Å². The summed E-state index contributed by atoms with van der Waals surface area (Å²) in [5, 5.41) is 14.6. The second-order valence-electron chi connectivity index (χ2n) is 8.68. The van der Waals surface area contributed by atoms with E-state index >= 15 is 0 Å². The molecular weight excluding hydrogens is 440 g/mol. The standard InChI is InChI=1S/C29H38N2O4/c1-2-3-4-5-6-7-8-14-21-30-28(33)22-25(23-15-10-9-11-16-23)24-17-12-13-18-26(24)31-27(32)19-20-29(34)35/h9-13,15-18,22H,2-8,14,19-21H2,1H3,(H,30,33)(H,31,32)(H,34,35). The zero-order chi connectivity index (χ0) is 25.3. The van der Waals surface area contributed by atoms with Gasteiger partial charge in [0.1, 0.15) is 0 Å². The first-order chi connectivity index (χ1) is 17.0. The fraction of sp³-hybridized carbons (Fsp3) is 0.414. The van der Waals surface area contributed by atoms with Gasteiger partial charge in [-0.25, -0.2) is 0 Å². The Labute approximate surface area is 208 Å². The van der Waals surface area contributed by atoms with Gasteiger partial charge in [-0.05, 0) is 23.6 Å². The van der Waals surface area contributed by atoms with Gasteiger partial charge in [-0.2, -0.15) is 0 Å². The second-order valence-corrected chi connectivity index (χ2v) is 8.68. The van der Waals surface area contributed by atoms with E-state index in [1.165, 1.54) is 38.5 Å². The van der Waals surface area contributed by atoms with Gasteiger partial charge in [-0.15, -0.1) is 0 Å². The molecule has 0 heterocycles. The first-order valence-corrected chi connectivity index (χ1v) is 12.7. The largest absolute Gasteiger partial charge is 0.481 e. The highest BCUT2D eigenvalue weighted by atomic mass is 16.4. The summed E-state index contributed by atoms with van der Waals surface area (Å²) in [5.74, 6) is -1.59. The molecule has 0 saturated carbocycles. The van der Waals surface area contributed by atoms with Gasteiger partial charge in [-0.1, -0.05) is 100 Å². The number of benzene rings is 2. The third kappa shape index (κ3) is 11.0. The van der Waals surface area contributed by atoms with Crippen LogP contribution in [0.2, 0.25) is 0 Å². The molecule has 0 aliphatic heterocycles. The third-order valence-electron chi connectivity index (χ3n) is 5.75. The van der Waals surface area contributed by atoms with Crippen LogP contribution >= 0.6 is 0 Å². The zero-order valence-corrected chi connectivity index (χ0v) is 20.7. The smallest absolute Gasteiger partial charge is 0.303 e. The molecule has 0 radical (unpaired) electrons. The molecule has 0 aliphatic carbocycles. The molecule has 0 spiro atoms. The van der Waals surface area contributed by atoms with Crippen molar-refractivity contribution in [2.45, 2.75) is 71.1 Å². The number of hydrogen-bond acceptors (Lipinski definition) is 3. The van der Waals surface area contributed by atoms with Crippen LogP contribution < -0.4 is 10.6 Å². The van der Waals surface area contributed by atoms with Crippen molar-refractivity contribution in [1.82, 2.24) is 5.32 Å². The van der Waals surface area contributed by atoms with E-state index in [-0.39, 0.29) is 24.7 Å². The number of nitrogens with one attached hydrogen (secondary N) is 2. The van der Waals surface area contributed by atoms with Crippen molar-refractivity contribution >= 4 is 29.0 Å². The fourth-order valence-corrected chi connectivity index (χ4v) is 3.85. The summed E-state index contributed by atoms with van der Waals surface area (Å²) in [6.07, 6.45) is 10.9. The Morgan fingerprint density at radius 1 is 0.800 bits per heavy atom. The monoisotopic (exact) mass is 478 g/mol. The Balaban J connectivity index is 2.05. The average Bonchev–Trinajstić information content (AvgIpc) is 2.86. The Morgan fingerprint density at radius 3 is 2.11 bits per heavy atom. The van der Waals surface area contributed by atoms with E-state index in [9.17, 15) is 14.4 Å². The van der Waals surface area contributed by atoms with Crippen molar-refractivity contribution in [2.75, 3.05) is 11.9 Å². The molecule has 0 unspecified atom stereocenters. The van der Waals surface area contributed by atoms with Gasteiger partial charge in [0.25, 0.3) is 0 Å². The van der Waals surface area contributed by atoms with Crippen molar-refractivity contribution in [3.8, 4) is 0 Å². The maximum atomic E-state index is 12.8. The number of carboxylic acid groups (broad SMARTS) is 1. The molecule has 3 N–H and O–H groups in total. The number of hydrogen-bond donors (Lipinski definition) is 3. The Morgan fingerprint density at radius 2 is 1.43 bits per heavy atom. The molecule has 2 aromatic rings. The Hall–Kier alpha value is -3.41. The number of carbonyl (C=O) groups excluding carboxylic acids is 2. The van der Waals surface area contributed by atoms with E-state index < -0.39 is 5.97 Å². The van der Waals surface area contributed by atoms with Crippen molar-refractivity contribution in [3.63, 3.8) is 0 Å². The number of rotatable bonds is 16. The summed E-state index contributed by atoms with van der Waals surface area (Å²) in [5.41, 5.74) is 2.77. The van der Waals surface area contributed by atoms with Crippen molar-refractivity contribution < 1.29 is 19.5 Å². The third-order valence-corrected chi connectivity index (χ3v) is 5.75. The highest BCUT2D eigenvalue weighted by molar-refractivity contribution is 6.03. The molecular formula is C29H38N2O4. The fourth-order valence-electron chi connectivity index (χ4n) is 3.85. The Kier molecular flexibility index (Phi) is 12.9. The lowest BCUT2D eigenvalue weighted by Crippen LogP contribution is -2.22. The van der Waals surface area contributed by atoms with Gasteiger partial charge < -0.3 is 15.7 Å². The number of anilines is 1. The lowest BCUT2D eigenvalue weighted by atomic mass is 9.95. The second kappa shape index (κ2) is 16.3. The predicted octanol–water partition coefficient (Wildman–Crippen LogP) is 6.18. The van der Waals surface area contributed by atoms with Crippen LogP contribution in [0.15, 0.2) is 60.7 Å². The van der Waals surface area contributed by atoms with E-state index in [0.29, 0.717) is 23.4 Å². The minimum absolute atomic E-state index is 0.118. The summed E-state index contributed by atoms with van der Waals surface area (Å²) < 4.78 is 0. The first kappa shape index (κ1) is 27.8. The molecule has 35 heavy (non-hydrogen) atoms. The molecule has 6 heteroatoms. The molecule has 188 valence electrons. The number of aliphatic carboxylic acids is 1. The Bertz CT molecular complexity index is 970. The highest BCUT2D eigenvalue weighted by Gasteiger charge is 2.14. The average molecular weight is 479 g/mol. The summed E-state index contributed by atoms with van der Waals surface area (Å²) >= 11 is 0. The van der Waals surface area contributed by atoms with Crippen LogP contribution in [0, 0.1) is 0 Å². The van der Waals surface area contributed by atoms with Gasteiger partial charge in [0.15, 0.2) is 0 Å².